The number of carbonyl (C=O) groups is 1. The Morgan fingerprint density at radius 3 is 2.60 bits per heavy atom. The van der Waals surface area contributed by atoms with Crippen molar-refractivity contribution in [3.8, 4) is 11.1 Å². The Balaban J connectivity index is 2.82. The van der Waals surface area contributed by atoms with Crippen molar-refractivity contribution in [1.82, 2.24) is 4.98 Å². The summed E-state index contributed by atoms with van der Waals surface area (Å²) in [6.45, 7) is 2.69. The van der Waals surface area contributed by atoms with E-state index < -0.39 is 16.0 Å². The highest BCUT2D eigenvalue weighted by atomic mass is 32.2. The van der Waals surface area contributed by atoms with Crippen molar-refractivity contribution in [3.63, 3.8) is 0 Å². The molecule has 8 heteroatoms. The van der Waals surface area contributed by atoms with Crippen LogP contribution in [0, 0.1) is 0 Å². The third-order valence-corrected chi connectivity index (χ3v) is 4.78. The molecule has 1 aromatic heterocycles. The summed E-state index contributed by atoms with van der Waals surface area (Å²) in [5, 5.41) is 14.7. The molecule has 0 saturated heterocycles. The van der Waals surface area contributed by atoms with Crippen LogP contribution in [-0.4, -0.2) is 38.1 Å². The van der Waals surface area contributed by atoms with Crippen molar-refractivity contribution < 1.29 is 18.3 Å². The summed E-state index contributed by atoms with van der Waals surface area (Å²) in [5.74, 6) is -1.22. The molecule has 3 N–H and O–H groups in total. The molecule has 0 saturated carbocycles. The zero-order chi connectivity index (χ0) is 18.6. The molecule has 0 unspecified atom stereocenters. The number of rotatable bonds is 7. The first-order chi connectivity index (χ1) is 11.8. The van der Waals surface area contributed by atoms with E-state index in [9.17, 15) is 18.3 Å². The molecule has 134 valence electrons. The van der Waals surface area contributed by atoms with E-state index in [2.05, 4.69) is 4.98 Å². The van der Waals surface area contributed by atoms with Gasteiger partial charge in [-0.05, 0) is 24.6 Å². The fourth-order valence-electron chi connectivity index (χ4n) is 2.57. The van der Waals surface area contributed by atoms with Gasteiger partial charge in [-0.3, -0.25) is 4.98 Å². The number of pyridine rings is 1. The summed E-state index contributed by atoms with van der Waals surface area (Å²) in [5.41, 5.74) is 1.28. The van der Waals surface area contributed by atoms with Gasteiger partial charge in [-0.25, -0.2) is 18.4 Å². The molecule has 2 aromatic rings. The van der Waals surface area contributed by atoms with E-state index in [-0.39, 0.29) is 10.5 Å². The minimum absolute atomic E-state index is 0.130. The molecule has 25 heavy (non-hydrogen) atoms. The topological polar surface area (TPSA) is 114 Å². The van der Waals surface area contributed by atoms with Crippen LogP contribution in [0.25, 0.3) is 11.1 Å². The molecule has 0 fully saturated rings. The Labute approximate surface area is 147 Å². The summed E-state index contributed by atoms with van der Waals surface area (Å²) in [6.07, 6.45) is 4.94. The molecule has 0 atom stereocenters. The average Bonchev–Trinajstić information content (AvgIpc) is 2.58. The summed E-state index contributed by atoms with van der Waals surface area (Å²) in [4.78, 5) is 17.1. The molecule has 0 amide bonds. The molecular formula is C17H21N3O4S. The van der Waals surface area contributed by atoms with Gasteiger partial charge in [-0.1, -0.05) is 19.4 Å². The monoisotopic (exact) mass is 363 g/mol. The van der Waals surface area contributed by atoms with Gasteiger partial charge >= 0.3 is 5.97 Å². The molecule has 0 bridgehead atoms. The number of aromatic nitrogens is 1. The maximum Gasteiger partial charge on any atom is 0.335 e. The highest BCUT2D eigenvalue weighted by Gasteiger charge is 2.24. The molecule has 1 aromatic carbocycles. The van der Waals surface area contributed by atoms with Gasteiger partial charge in [0, 0.05) is 42.8 Å². The Kier molecular flexibility index (Phi) is 5.76. The van der Waals surface area contributed by atoms with Gasteiger partial charge in [-0.2, -0.15) is 0 Å². The lowest BCUT2D eigenvalue weighted by molar-refractivity contribution is 0.0696. The average molecular weight is 363 g/mol. The molecule has 0 aliphatic heterocycles. The fourth-order valence-corrected chi connectivity index (χ4v) is 3.36. The van der Waals surface area contributed by atoms with Crippen LogP contribution in [0.2, 0.25) is 0 Å². The third kappa shape index (κ3) is 4.34. The van der Waals surface area contributed by atoms with Crippen LogP contribution in [0.4, 0.5) is 5.69 Å². The zero-order valence-electron chi connectivity index (χ0n) is 14.1. The minimum Gasteiger partial charge on any atom is -0.478 e. The fraction of sp³-hybridized carbons (Fsp3) is 0.294. The largest absolute Gasteiger partial charge is 0.478 e. The zero-order valence-corrected chi connectivity index (χ0v) is 15.0. The van der Waals surface area contributed by atoms with Gasteiger partial charge in [-0.15, -0.1) is 0 Å². The molecule has 7 nitrogen and oxygen atoms in total. The number of anilines is 1. The number of nitrogens with zero attached hydrogens (tertiary/aromatic N) is 2. The number of primary sulfonamides is 1. The van der Waals surface area contributed by atoms with E-state index in [4.69, 9.17) is 5.14 Å². The molecule has 0 radical (unpaired) electrons. The summed E-state index contributed by atoms with van der Waals surface area (Å²) >= 11 is 0. The van der Waals surface area contributed by atoms with E-state index in [1.54, 1.807) is 25.4 Å². The smallest absolute Gasteiger partial charge is 0.335 e. The van der Waals surface area contributed by atoms with Gasteiger partial charge < -0.3 is 10.0 Å². The number of carboxylic acid groups (broad SMARTS) is 1. The predicted molar refractivity (Wildman–Crippen MR) is 96.2 cm³/mol. The summed E-state index contributed by atoms with van der Waals surface area (Å²) in [7, 11) is -2.34. The lowest BCUT2D eigenvalue weighted by Crippen LogP contribution is -2.22. The SMILES string of the molecule is CCCCN(C)c1cc(C(=O)O)cc(S(N)(=O)=O)c1-c1cccnc1. The molecule has 0 aliphatic rings. The first kappa shape index (κ1) is 18.9. The van der Waals surface area contributed by atoms with E-state index in [1.165, 1.54) is 12.3 Å². The maximum absolute atomic E-state index is 12.1. The molecule has 2 rings (SSSR count). The Morgan fingerprint density at radius 2 is 2.08 bits per heavy atom. The van der Waals surface area contributed by atoms with Crippen LogP contribution in [0.3, 0.4) is 0 Å². The molecular weight excluding hydrogens is 342 g/mol. The van der Waals surface area contributed by atoms with Crippen molar-refractivity contribution in [2.24, 2.45) is 5.14 Å². The van der Waals surface area contributed by atoms with Gasteiger partial charge in [0.1, 0.15) is 0 Å². The summed E-state index contributed by atoms with van der Waals surface area (Å²) < 4.78 is 24.3. The number of nitrogens with two attached hydrogens (primary N) is 1. The number of aromatic carboxylic acids is 1. The van der Waals surface area contributed by atoms with Gasteiger partial charge in [0.25, 0.3) is 0 Å². The van der Waals surface area contributed by atoms with E-state index in [0.717, 1.165) is 18.9 Å². The number of hydrogen-bond donors (Lipinski definition) is 2. The van der Waals surface area contributed by atoms with Crippen LogP contribution >= 0.6 is 0 Å². The first-order valence-electron chi connectivity index (χ1n) is 7.81. The van der Waals surface area contributed by atoms with Gasteiger partial charge in [0.05, 0.1) is 10.5 Å². The summed E-state index contributed by atoms with van der Waals surface area (Å²) in [6, 6.07) is 5.96. The standard InChI is InChI=1S/C17H21N3O4S/c1-3-4-8-20(2)14-9-13(17(21)22)10-15(25(18,23)24)16(14)12-6-5-7-19-11-12/h5-7,9-11H,3-4,8H2,1-2H3,(H,21,22)(H2,18,23,24). The van der Waals surface area contributed by atoms with E-state index >= 15 is 0 Å². The lowest BCUT2D eigenvalue weighted by atomic mass is 10.0. The van der Waals surface area contributed by atoms with Crippen LogP contribution in [0.15, 0.2) is 41.6 Å². The highest BCUT2D eigenvalue weighted by molar-refractivity contribution is 7.89. The second-order valence-corrected chi connectivity index (χ2v) is 7.27. The molecule has 0 aliphatic carbocycles. The minimum atomic E-state index is -4.13. The Morgan fingerprint density at radius 1 is 1.36 bits per heavy atom. The van der Waals surface area contributed by atoms with Crippen molar-refractivity contribution in [3.05, 3.63) is 42.2 Å². The number of benzene rings is 1. The van der Waals surface area contributed by atoms with Crippen LogP contribution in [0.1, 0.15) is 30.1 Å². The number of sulfonamides is 1. The third-order valence-electron chi connectivity index (χ3n) is 3.84. The van der Waals surface area contributed by atoms with Gasteiger partial charge in [0.15, 0.2) is 0 Å². The maximum atomic E-state index is 12.1. The highest BCUT2D eigenvalue weighted by Crippen LogP contribution is 2.37. The molecule has 1 heterocycles. The Hall–Kier alpha value is -2.45. The van der Waals surface area contributed by atoms with E-state index in [0.29, 0.717) is 23.4 Å². The normalized spacial score (nSPS) is 11.3. The van der Waals surface area contributed by atoms with Crippen molar-refractivity contribution in [2.75, 3.05) is 18.5 Å². The van der Waals surface area contributed by atoms with Crippen molar-refractivity contribution in [1.29, 1.82) is 0 Å². The van der Waals surface area contributed by atoms with Gasteiger partial charge in [0.2, 0.25) is 10.0 Å². The van der Waals surface area contributed by atoms with Crippen LogP contribution in [-0.2, 0) is 10.0 Å². The Bertz CT molecular complexity index is 867. The quantitative estimate of drug-likeness (QED) is 0.780. The number of unbranched alkanes of at least 4 members (excludes halogenated alkanes) is 1. The lowest BCUT2D eigenvalue weighted by Gasteiger charge is -2.24. The predicted octanol–water partition coefficient (Wildman–Crippen LogP) is 2.33. The van der Waals surface area contributed by atoms with E-state index in [1.807, 2.05) is 11.8 Å². The van der Waals surface area contributed by atoms with Crippen molar-refractivity contribution >= 4 is 21.7 Å². The molecule has 0 spiro atoms. The first-order valence-corrected chi connectivity index (χ1v) is 9.36. The van der Waals surface area contributed by atoms with Crippen LogP contribution < -0.4 is 10.0 Å². The number of carboxylic acids is 1. The second kappa shape index (κ2) is 7.62. The second-order valence-electron chi connectivity index (χ2n) is 5.74. The van der Waals surface area contributed by atoms with Crippen molar-refractivity contribution in [2.45, 2.75) is 24.7 Å². The number of hydrogen-bond acceptors (Lipinski definition) is 5. The van der Waals surface area contributed by atoms with Crippen LogP contribution in [0.5, 0.6) is 0 Å².